The van der Waals surface area contributed by atoms with E-state index in [9.17, 15) is 13.2 Å². The number of nitrogens with one attached hydrogen (secondary N) is 2. The minimum absolute atomic E-state index is 0.0231. The number of amides is 1. The smallest absolute Gasteiger partial charge is 0.241 e. The molecule has 23 heavy (non-hydrogen) atoms. The second-order valence-corrected chi connectivity index (χ2v) is 7.99. The molecule has 1 fully saturated rings. The zero-order valence-electron chi connectivity index (χ0n) is 13.0. The van der Waals surface area contributed by atoms with Crippen LogP contribution in [0.3, 0.4) is 0 Å². The maximum Gasteiger partial charge on any atom is 0.241 e. The zero-order valence-corrected chi connectivity index (χ0v) is 14.5. The summed E-state index contributed by atoms with van der Waals surface area (Å²) < 4.78 is 26.9. The second-order valence-electron chi connectivity index (χ2n) is 5.84. The standard InChI is InChI=1S/C15H22ClN3O3S/c1-10(15(20)18-14-4-2-3-11(14)9-17)19-23(21,22)13-7-5-12(16)6-8-13/h5-8,10-11,14,19H,2-4,9,17H2,1H3,(H,18,20). The third-order valence-corrected chi connectivity index (χ3v) is 5.95. The van der Waals surface area contributed by atoms with Crippen LogP contribution in [0, 0.1) is 5.92 Å². The topological polar surface area (TPSA) is 101 Å². The van der Waals surface area contributed by atoms with Gasteiger partial charge in [-0.1, -0.05) is 18.0 Å². The Morgan fingerprint density at radius 2 is 2.00 bits per heavy atom. The molecule has 6 nitrogen and oxygen atoms in total. The van der Waals surface area contributed by atoms with Crippen LogP contribution in [0.15, 0.2) is 29.2 Å². The van der Waals surface area contributed by atoms with Gasteiger partial charge in [0.2, 0.25) is 15.9 Å². The fraction of sp³-hybridized carbons (Fsp3) is 0.533. The lowest BCUT2D eigenvalue weighted by molar-refractivity contribution is -0.123. The quantitative estimate of drug-likeness (QED) is 0.711. The van der Waals surface area contributed by atoms with Gasteiger partial charge in [0.15, 0.2) is 0 Å². The lowest BCUT2D eigenvalue weighted by Crippen LogP contribution is -2.49. The van der Waals surface area contributed by atoms with Crippen LogP contribution in [0.5, 0.6) is 0 Å². The van der Waals surface area contributed by atoms with Crippen LogP contribution in [0.2, 0.25) is 5.02 Å². The van der Waals surface area contributed by atoms with Gasteiger partial charge < -0.3 is 11.1 Å². The molecule has 1 aromatic rings. The molecule has 0 spiro atoms. The van der Waals surface area contributed by atoms with Gasteiger partial charge in [-0.3, -0.25) is 4.79 Å². The summed E-state index contributed by atoms with van der Waals surface area (Å²) in [5.41, 5.74) is 5.69. The molecule has 128 valence electrons. The first-order valence-electron chi connectivity index (χ1n) is 7.62. The number of hydrogen-bond acceptors (Lipinski definition) is 4. The molecule has 0 aromatic heterocycles. The molecule has 0 saturated heterocycles. The molecule has 0 bridgehead atoms. The minimum atomic E-state index is -3.77. The highest BCUT2D eigenvalue weighted by atomic mass is 35.5. The Balaban J connectivity index is 1.98. The van der Waals surface area contributed by atoms with Crippen LogP contribution in [0.1, 0.15) is 26.2 Å². The van der Waals surface area contributed by atoms with Crippen molar-refractivity contribution in [3.05, 3.63) is 29.3 Å². The Morgan fingerprint density at radius 3 is 2.61 bits per heavy atom. The largest absolute Gasteiger partial charge is 0.352 e. The molecule has 1 saturated carbocycles. The molecule has 0 radical (unpaired) electrons. The number of benzene rings is 1. The summed E-state index contributed by atoms with van der Waals surface area (Å²) >= 11 is 5.75. The second kappa shape index (κ2) is 7.61. The van der Waals surface area contributed by atoms with Gasteiger partial charge in [0, 0.05) is 11.1 Å². The lowest BCUT2D eigenvalue weighted by Gasteiger charge is -2.22. The third kappa shape index (κ3) is 4.67. The van der Waals surface area contributed by atoms with Gasteiger partial charge in [-0.2, -0.15) is 4.72 Å². The molecular weight excluding hydrogens is 338 g/mol. The summed E-state index contributed by atoms with van der Waals surface area (Å²) in [6, 6.07) is 4.94. The number of hydrogen-bond donors (Lipinski definition) is 3. The Bertz CT molecular complexity index is 648. The number of sulfonamides is 1. The summed E-state index contributed by atoms with van der Waals surface area (Å²) in [5.74, 6) is -0.0769. The van der Waals surface area contributed by atoms with E-state index in [1.807, 2.05) is 0 Å². The number of carbonyl (C=O) groups is 1. The molecule has 8 heteroatoms. The van der Waals surface area contributed by atoms with E-state index in [0.717, 1.165) is 19.3 Å². The first-order chi connectivity index (χ1) is 10.8. The highest BCUT2D eigenvalue weighted by Gasteiger charge is 2.30. The summed E-state index contributed by atoms with van der Waals surface area (Å²) in [6.45, 7) is 2.05. The highest BCUT2D eigenvalue weighted by molar-refractivity contribution is 7.89. The van der Waals surface area contributed by atoms with Crippen molar-refractivity contribution in [3.63, 3.8) is 0 Å². The molecule has 1 amide bonds. The van der Waals surface area contributed by atoms with Gasteiger partial charge in [-0.15, -0.1) is 0 Å². The molecule has 2 rings (SSSR count). The van der Waals surface area contributed by atoms with E-state index in [2.05, 4.69) is 10.0 Å². The monoisotopic (exact) mass is 359 g/mol. The Morgan fingerprint density at radius 1 is 1.35 bits per heavy atom. The average molecular weight is 360 g/mol. The Hall–Kier alpha value is -1.15. The summed E-state index contributed by atoms with van der Waals surface area (Å²) in [6.07, 6.45) is 2.90. The van der Waals surface area contributed by atoms with Gasteiger partial charge in [0.25, 0.3) is 0 Å². The van der Waals surface area contributed by atoms with Crippen molar-refractivity contribution in [2.45, 2.75) is 43.2 Å². The number of halogens is 1. The van der Waals surface area contributed by atoms with E-state index in [1.165, 1.54) is 31.2 Å². The predicted molar refractivity (Wildman–Crippen MR) is 89.6 cm³/mol. The van der Waals surface area contributed by atoms with Crippen LogP contribution in [0.4, 0.5) is 0 Å². The molecule has 1 aliphatic carbocycles. The van der Waals surface area contributed by atoms with E-state index in [4.69, 9.17) is 17.3 Å². The summed E-state index contributed by atoms with van der Waals surface area (Å²) in [7, 11) is -3.77. The summed E-state index contributed by atoms with van der Waals surface area (Å²) in [4.78, 5) is 12.3. The minimum Gasteiger partial charge on any atom is -0.352 e. The van der Waals surface area contributed by atoms with Gasteiger partial charge in [0.05, 0.1) is 10.9 Å². The lowest BCUT2D eigenvalue weighted by atomic mass is 10.0. The van der Waals surface area contributed by atoms with Crippen LogP contribution in [0.25, 0.3) is 0 Å². The number of carbonyl (C=O) groups excluding carboxylic acids is 1. The molecule has 4 N–H and O–H groups in total. The van der Waals surface area contributed by atoms with Crippen LogP contribution in [-0.2, 0) is 14.8 Å². The van der Waals surface area contributed by atoms with Crippen molar-refractivity contribution in [1.29, 1.82) is 0 Å². The zero-order chi connectivity index (χ0) is 17.0. The van der Waals surface area contributed by atoms with Crippen LogP contribution in [-0.4, -0.2) is 33.0 Å². The maximum atomic E-state index is 12.3. The van der Waals surface area contributed by atoms with E-state index < -0.39 is 16.1 Å². The molecule has 0 heterocycles. The Kier molecular flexibility index (Phi) is 6.02. The molecule has 1 aromatic carbocycles. The molecule has 0 aliphatic heterocycles. The first kappa shape index (κ1) is 18.2. The van der Waals surface area contributed by atoms with E-state index in [-0.39, 0.29) is 22.8 Å². The van der Waals surface area contributed by atoms with Crippen molar-refractivity contribution < 1.29 is 13.2 Å². The van der Waals surface area contributed by atoms with Gasteiger partial charge in [-0.05, 0) is 56.5 Å². The van der Waals surface area contributed by atoms with Crippen molar-refractivity contribution in [3.8, 4) is 0 Å². The van der Waals surface area contributed by atoms with Crippen molar-refractivity contribution in [1.82, 2.24) is 10.0 Å². The van der Waals surface area contributed by atoms with Gasteiger partial charge in [0.1, 0.15) is 0 Å². The van der Waals surface area contributed by atoms with Crippen LogP contribution >= 0.6 is 11.6 Å². The van der Waals surface area contributed by atoms with Crippen molar-refractivity contribution in [2.75, 3.05) is 6.54 Å². The summed E-state index contributed by atoms with van der Waals surface area (Å²) in [5, 5.41) is 3.34. The molecule has 1 aliphatic rings. The van der Waals surface area contributed by atoms with E-state index in [1.54, 1.807) is 0 Å². The van der Waals surface area contributed by atoms with Crippen LogP contribution < -0.4 is 15.8 Å². The van der Waals surface area contributed by atoms with E-state index >= 15 is 0 Å². The Labute approximate surface area is 141 Å². The molecule has 3 atom stereocenters. The predicted octanol–water partition coefficient (Wildman–Crippen LogP) is 1.25. The fourth-order valence-corrected chi connectivity index (χ4v) is 4.11. The number of nitrogens with two attached hydrogens (primary N) is 1. The van der Waals surface area contributed by atoms with Crippen molar-refractivity contribution >= 4 is 27.5 Å². The fourth-order valence-electron chi connectivity index (χ4n) is 2.78. The number of rotatable bonds is 6. The van der Waals surface area contributed by atoms with Gasteiger partial charge in [-0.25, -0.2) is 8.42 Å². The van der Waals surface area contributed by atoms with Crippen molar-refractivity contribution in [2.24, 2.45) is 11.7 Å². The SMILES string of the molecule is CC(NS(=O)(=O)c1ccc(Cl)cc1)C(=O)NC1CCCC1CN. The molecule has 3 unspecified atom stereocenters. The molecular formula is C15H22ClN3O3S. The van der Waals surface area contributed by atoms with Gasteiger partial charge >= 0.3 is 0 Å². The first-order valence-corrected chi connectivity index (χ1v) is 9.48. The normalized spacial score (nSPS) is 22.7. The average Bonchev–Trinajstić information content (AvgIpc) is 2.94. The highest BCUT2D eigenvalue weighted by Crippen LogP contribution is 2.24. The third-order valence-electron chi connectivity index (χ3n) is 4.14. The maximum absolute atomic E-state index is 12.3. The van der Waals surface area contributed by atoms with E-state index in [0.29, 0.717) is 11.6 Å².